The molecule has 3 heteroatoms. The summed E-state index contributed by atoms with van der Waals surface area (Å²) in [5.41, 5.74) is 4.18. The first kappa shape index (κ1) is 13.8. The van der Waals surface area contributed by atoms with Gasteiger partial charge in [0.1, 0.15) is 0 Å². The summed E-state index contributed by atoms with van der Waals surface area (Å²) >= 11 is 3.41. The van der Waals surface area contributed by atoms with Crippen LogP contribution in [0.3, 0.4) is 0 Å². The zero-order valence-electron chi connectivity index (χ0n) is 10.8. The van der Waals surface area contributed by atoms with Crippen LogP contribution >= 0.6 is 15.9 Å². The SMILES string of the molecule is Cc1ccc(C(=O)NCc2ccc(CBr)cc2)cc1. The minimum absolute atomic E-state index is 0.0374. The van der Waals surface area contributed by atoms with Crippen molar-refractivity contribution in [2.75, 3.05) is 0 Å². The van der Waals surface area contributed by atoms with E-state index in [0.29, 0.717) is 12.1 Å². The number of carbonyl (C=O) groups excluding carboxylic acids is 1. The van der Waals surface area contributed by atoms with Gasteiger partial charge in [0.2, 0.25) is 0 Å². The number of aryl methyl sites for hydroxylation is 1. The maximum Gasteiger partial charge on any atom is 0.251 e. The van der Waals surface area contributed by atoms with Crippen LogP contribution in [-0.2, 0) is 11.9 Å². The predicted molar refractivity (Wildman–Crippen MR) is 81.4 cm³/mol. The van der Waals surface area contributed by atoms with Gasteiger partial charge in [-0.25, -0.2) is 0 Å². The lowest BCUT2D eigenvalue weighted by Crippen LogP contribution is -2.22. The number of amides is 1. The second kappa shape index (κ2) is 6.53. The third-order valence-electron chi connectivity index (χ3n) is 2.94. The van der Waals surface area contributed by atoms with E-state index in [1.165, 1.54) is 5.56 Å². The predicted octanol–water partition coefficient (Wildman–Crippen LogP) is 3.82. The Labute approximate surface area is 122 Å². The molecule has 0 aliphatic carbocycles. The summed E-state index contributed by atoms with van der Waals surface area (Å²) < 4.78 is 0. The molecule has 0 spiro atoms. The molecule has 0 heterocycles. The summed E-state index contributed by atoms with van der Waals surface area (Å²) in [6.07, 6.45) is 0. The van der Waals surface area contributed by atoms with Crippen molar-refractivity contribution in [1.29, 1.82) is 0 Å². The Hall–Kier alpha value is -1.61. The first-order valence-electron chi connectivity index (χ1n) is 6.17. The molecule has 0 radical (unpaired) electrons. The molecule has 98 valence electrons. The van der Waals surface area contributed by atoms with E-state index in [1.54, 1.807) is 0 Å². The third-order valence-corrected chi connectivity index (χ3v) is 3.59. The van der Waals surface area contributed by atoms with Crippen molar-refractivity contribution in [2.24, 2.45) is 0 Å². The zero-order valence-corrected chi connectivity index (χ0v) is 12.4. The fraction of sp³-hybridized carbons (Fsp3) is 0.188. The molecule has 1 N–H and O–H groups in total. The number of rotatable bonds is 4. The average Bonchev–Trinajstić information content (AvgIpc) is 2.46. The van der Waals surface area contributed by atoms with Gasteiger partial charge in [0, 0.05) is 17.4 Å². The van der Waals surface area contributed by atoms with Crippen LogP contribution in [0, 0.1) is 6.92 Å². The number of nitrogens with one attached hydrogen (secondary N) is 1. The van der Waals surface area contributed by atoms with Gasteiger partial charge in [0.05, 0.1) is 0 Å². The molecule has 0 saturated heterocycles. The highest BCUT2D eigenvalue weighted by molar-refractivity contribution is 9.08. The molecule has 0 atom stereocenters. The standard InChI is InChI=1S/C16H16BrNO/c1-12-2-8-15(9-3-12)16(19)18-11-14-6-4-13(10-17)5-7-14/h2-9H,10-11H2,1H3,(H,18,19). The van der Waals surface area contributed by atoms with E-state index in [0.717, 1.165) is 16.5 Å². The topological polar surface area (TPSA) is 29.1 Å². The van der Waals surface area contributed by atoms with Gasteiger partial charge < -0.3 is 5.32 Å². The van der Waals surface area contributed by atoms with Crippen molar-refractivity contribution in [3.05, 3.63) is 70.8 Å². The number of halogens is 1. The molecule has 2 rings (SSSR count). The van der Waals surface area contributed by atoms with Crippen LogP contribution < -0.4 is 5.32 Å². The number of benzene rings is 2. The van der Waals surface area contributed by atoms with Gasteiger partial charge >= 0.3 is 0 Å². The molecule has 0 unspecified atom stereocenters. The number of carbonyl (C=O) groups is 1. The highest BCUT2D eigenvalue weighted by atomic mass is 79.9. The average molecular weight is 318 g/mol. The second-order valence-electron chi connectivity index (χ2n) is 4.50. The van der Waals surface area contributed by atoms with Gasteiger partial charge in [-0.2, -0.15) is 0 Å². The summed E-state index contributed by atoms with van der Waals surface area (Å²) in [7, 11) is 0. The quantitative estimate of drug-likeness (QED) is 0.853. The molecule has 0 aliphatic rings. The molecule has 2 aromatic rings. The minimum atomic E-state index is -0.0374. The Morgan fingerprint density at radius 2 is 1.58 bits per heavy atom. The van der Waals surface area contributed by atoms with E-state index in [4.69, 9.17) is 0 Å². The summed E-state index contributed by atoms with van der Waals surface area (Å²) in [6.45, 7) is 2.56. The molecule has 2 aromatic carbocycles. The van der Waals surface area contributed by atoms with Crippen LogP contribution in [0.4, 0.5) is 0 Å². The first-order chi connectivity index (χ1) is 9.19. The lowest BCUT2D eigenvalue weighted by Gasteiger charge is -2.06. The summed E-state index contributed by atoms with van der Waals surface area (Å²) in [5, 5.41) is 3.77. The molecule has 0 fully saturated rings. The molecule has 1 amide bonds. The van der Waals surface area contributed by atoms with Crippen LogP contribution in [0.25, 0.3) is 0 Å². The van der Waals surface area contributed by atoms with Crippen molar-refractivity contribution < 1.29 is 4.79 Å². The number of alkyl halides is 1. The van der Waals surface area contributed by atoms with Crippen LogP contribution in [0.1, 0.15) is 27.0 Å². The highest BCUT2D eigenvalue weighted by Gasteiger charge is 2.04. The zero-order chi connectivity index (χ0) is 13.7. The molecule has 0 aliphatic heterocycles. The van der Waals surface area contributed by atoms with Gasteiger partial charge in [0.25, 0.3) is 5.91 Å². The third kappa shape index (κ3) is 3.93. The second-order valence-corrected chi connectivity index (χ2v) is 5.06. The summed E-state index contributed by atoms with van der Waals surface area (Å²) in [6, 6.07) is 15.8. The van der Waals surface area contributed by atoms with Crippen molar-refractivity contribution >= 4 is 21.8 Å². The van der Waals surface area contributed by atoms with Gasteiger partial charge in [-0.3, -0.25) is 4.79 Å². The Morgan fingerprint density at radius 1 is 1.00 bits per heavy atom. The highest BCUT2D eigenvalue weighted by Crippen LogP contribution is 2.08. The Balaban J connectivity index is 1.94. The Morgan fingerprint density at radius 3 is 2.16 bits per heavy atom. The van der Waals surface area contributed by atoms with E-state index in [1.807, 2.05) is 43.3 Å². The largest absolute Gasteiger partial charge is 0.348 e. The van der Waals surface area contributed by atoms with E-state index >= 15 is 0 Å². The van der Waals surface area contributed by atoms with Crippen LogP contribution in [-0.4, -0.2) is 5.91 Å². The summed E-state index contributed by atoms with van der Waals surface area (Å²) in [4.78, 5) is 11.9. The molecular weight excluding hydrogens is 302 g/mol. The van der Waals surface area contributed by atoms with Gasteiger partial charge in [-0.15, -0.1) is 0 Å². The van der Waals surface area contributed by atoms with E-state index in [-0.39, 0.29) is 5.91 Å². The fourth-order valence-electron chi connectivity index (χ4n) is 1.74. The van der Waals surface area contributed by atoms with Crippen LogP contribution in [0.5, 0.6) is 0 Å². The van der Waals surface area contributed by atoms with E-state index < -0.39 is 0 Å². The summed E-state index contributed by atoms with van der Waals surface area (Å²) in [5.74, 6) is -0.0374. The van der Waals surface area contributed by atoms with Gasteiger partial charge in [-0.05, 0) is 30.2 Å². The van der Waals surface area contributed by atoms with E-state index in [2.05, 4.69) is 33.4 Å². The maximum absolute atomic E-state index is 11.9. The normalized spacial score (nSPS) is 10.2. The van der Waals surface area contributed by atoms with Gasteiger partial charge in [-0.1, -0.05) is 57.9 Å². The van der Waals surface area contributed by atoms with Crippen molar-refractivity contribution in [2.45, 2.75) is 18.8 Å². The van der Waals surface area contributed by atoms with Crippen molar-refractivity contribution in [3.63, 3.8) is 0 Å². The van der Waals surface area contributed by atoms with E-state index in [9.17, 15) is 4.79 Å². The minimum Gasteiger partial charge on any atom is -0.348 e. The maximum atomic E-state index is 11.9. The lowest BCUT2D eigenvalue weighted by atomic mass is 10.1. The number of hydrogen-bond donors (Lipinski definition) is 1. The lowest BCUT2D eigenvalue weighted by molar-refractivity contribution is 0.0951. The first-order valence-corrected chi connectivity index (χ1v) is 7.30. The Kier molecular flexibility index (Phi) is 4.74. The van der Waals surface area contributed by atoms with Crippen LogP contribution in [0.2, 0.25) is 0 Å². The molecule has 2 nitrogen and oxygen atoms in total. The van der Waals surface area contributed by atoms with Crippen molar-refractivity contribution in [1.82, 2.24) is 5.32 Å². The molecule has 0 saturated carbocycles. The van der Waals surface area contributed by atoms with Crippen molar-refractivity contribution in [3.8, 4) is 0 Å². The monoisotopic (exact) mass is 317 g/mol. The van der Waals surface area contributed by atoms with Crippen LogP contribution in [0.15, 0.2) is 48.5 Å². The van der Waals surface area contributed by atoms with Gasteiger partial charge in [0.15, 0.2) is 0 Å². The smallest absolute Gasteiger partial charge is 0.251 e. The Bertz CT molecular complexity index is 546. The number of hydrogen-bond acceptors (Lipinski definition) is 1. The molecule has 0 aromatic heterocycles. The molecule has 0 bridgehead atoms. The molecule has 19 heavy (non-hydrogen) atoms. The molecular formula is C16H16BrNO. The fourth-order valence-corrected chi connectivity index (χ4v) is 2.11.